The van der Waals surface area contributed by atoms with Gasteiger partial charge in [0.15, 0.2) is 0 Å². The summed E-state index contributed by atoms with van der Waals surface area (Å²) >= 11 is 0. The molecule has 7 heteroatoms. The minimum atomic E-state index is -3.82. The lowest BCUT2D eigenvalue weighted by Crippen LogP contribution is -2.26. The van der Waals surface area contributed by atoms with E-state index in [0.717, 1.165) is 0 Å². The van der Waals surface area contributed by atoms with E-state index in [4.69, 9.17) is 9.05 Å². The Morgan fingerprint density at radius 2 is 1.40 bits per heavy atom. The van der Waals surface area contributed by atoms with Gasteiger partial charge in [0.25, 0.3) is 0 Å². The summed E-state index contributed by atoms with van der Waals surface area (Å²) in [6.45, 7) is 3.36. The van der Waals surface area contributed by atoms with E-state index in [0.29, 0.717) is 17.9 Å². The second kappa shape index (κ2) is 8.67. The molecule has 0 spiro atoms. The maximum atomic E-state index is 13.6. The Morgan fingerprint density at radius 3 is 1.76 bits per heavy atom. The number of rotatable bonds is 9. The predicted molar refractivity (Wildman–Crippen MR) is 96.9 cm³/mol. The van der Waals surface area contributed by atoms with Crippen molar-refractivity contribution in [2.75, 3.05) is 6.54 Å². The molecular formula is C18H22NO5P. The molecule has 2 aromatic carbocycles. The molecule has 0 aliphatic rings. The summed E-state index contributed by atoms with van der Waals surface area (Å²) in [6.07, 6.45) is 0.359. The number of nitrogens with zero attached hydrogens (tertiary/aromatic N) is 1. The van der Waals surface area contributed by atoms with Gasteiger partial charge in [-0.3, -0.25) is 10.1 Å². The van der Waals surface area contributed by atoms with Crippen molar-refractivity contribution in [2.45, 2.75) is 25.9 Å². The highest BCUT2D eigenvalue weighted by atomic mass is 31.2. The second-order valence-corrected chi connectivity index (χ2v) is 8.32. The van der Waals surface area contributed by atoms with Crippen LogP contribution in [0.1, 0.15) is 20.3 Å². The van der Waals surface area contributed by atoms with Crippen LogP contribution in [0, 0.1) is 16.0 Å². The Kier molecular flexibility index (Phi) is 6.59. The number of hydrogen-bond acceptors (Lipinski definition) is 5. The van der Waals surface area contributed by atoms with Crippen molar-refractivity contribution in [3.63, 3.8) is 0 Å². The highest BCUT2D eigenvalue weighted by Crippen LogP contribution is 2.54. The zero-order valence-corrected chi connectivity index (χ0v) is 15.2. The van der Waals surface area contributed by atoms with E-state index in [1.54, 1.807) is 60.7 Å². The molecule has 1 atom stereocenters. The normalized spacial score (nSPS) is 12.6. The van der Waals surface area contributed by atoms with Gasteiger partial charge in [-0.25, -0.2) is 4.57 Å². The molecule has 0 aliphatic heterocycles. The zero-order valence-electron chi connectivity index (χ0n) is 14.3. The molecule has 0 aliphatic carbocycles. The molecule has 2 rings (SSSR count). The van der Waals surface area contributed by atoms with Crippen LogP contribution in [-0.2, 0) is 4.57 Å². The molecule has 0 heterocycles. The summed E-state index contributed by atoms with van der Waals surface area (Å²) in [5.41, 5.74) is -0.845. The summed E-state index contributed by atoms with van der Waals surface area (Å²) in [5.74, 6) is 0.828. The minimum absolute atomic E-state index is 0.108. The van der Waals surface area contributed by atoms with Gasteiger partial charge in [0, 0.05) is 4.92 Å². The first kappa shape index (κ1) is 19.0. The minimum Gasteiger partial charge on any atom is -0.416 e. The molecule has 6 nitrogen and oxygen atoms in total. The number of benzene rings is 2. The maximum Gasteiger partial charge on any atom is 0.440 e. The monoisotopic (exact) mass is 363 g/mol. The average Bonchev–Trinajstić information content (AvgIpc) is 2.55. The fourth-order valence-corrected chi connectivity index (χ4v) is 4.62. The van der Waals surface area contributed by atoms with Crippen molar-refractivity contribution in [2.24, 2.45) is 5.92 Å². The first-order chi connectivity index (χ1) is 11.9. The summed E-state index contributed by atoms with van der Waals surface area (Å²) in [7, 11) is -3.82. The Bertz CT molecular complexity index is 675. The zero-order chi connectivity index (χ0) is 18.3. The highest BCUT2D eigenvalue weighted by molar-refractivity contribution is 7.55. The Morgan fingerprint density at radius 1 is 0.960 bits per heavy atom. The topological polar surface area (TPSA) is 78.7 Å². The van der Waals surface area contributed by atoms with Gasteiger partial charge in [-0.2, -0.15) is 0 Å². The molecule has 0 radical (unpaired) electrons. The summed E-state index contributed by atoms with van der Waals surface area (Å²) in [5, 5.41) is 11.1. The van der Waals surface area contributed by atoms with Crippen LogP contribution in [0.4, 0.5) is 0 Å². The van der Waals surface area contributed by atoms with Gasteiger partial charge in [-0.05, 0) is 36.6 Å². The lowest BCUT2D eigenvalue weighted by molar-refractivity contribution is -0.479. The molecule has 0 bridgehead atoms. The van der Waals surface area contributed by atoms with Gasteiger partial charge in [0.2, 0.25) is 6.54 Å². The quantitative estimate of drug-likeness (QED) is 0.355. The molecule has 0 saturated carbocycles. The summed E-state index contributed by atoms with van der Waals surface area (Å²) in [4.78, 5) is 10.6. The van der Waals surface area contributed by atoms with E-state index in [9.17, 15) is 14.7 Å². The second-order valence-electron chi connectivity index (χ2n) is 6.15. The molecule has 0 fully saturated rings. The van der Waals surface area contributed by atoms with Crippen molar-refractivity contribution < 1.29 is 18.5 Å². The molecule has 0 saturated heterocycles. The Hall–Kier alpha value is -2.33. The SMILES string of the molecule is CC(C)C[C@H](C[N+](=O)[O-])P(=O)(Oc1ccccc1)Oc1ccccc1. The van der Waals surface area contributed by atoms with E-state index in [1.165, 1.54) is 0 Å². The fourth-order valence-electron chi connectivity index (χ4n) is 2.44. The van der Waals surface area contributed by atoms with E-state index < -0.39 is 24.7 Å². The third-order valence-corrected chi connectivity index (χ3v) is 5.70. The Labute approximate surface area is 147 Å². The number of hydrogen-bond donors (Lipinski definition) is 0. The van der Waals surface area contributed by atoms with Crippen LogP contribution in [0.15, 0.2) is 60.7 Å². The number of nitro groups is 1. The van der Waals surface area contributed by atoms with E-state index in [2.05, 4.69) is 0 Å². The van der Waals surface area contributed by atoms with Crippen LogP contribution in [0.25, 0.3) is 0 Å². The van der Waals surface area contributed by atoms with E-state index >= 15 is 0 Å². The van der Waals surface area contributed by atoms with Crippen molar-refractivity contribution in [3.05, 3.63) is 70.8 Å². The lowest BCUT2D eigenvalue weighted by Gasteiger charge is -2.26. The van der Waals surface area contributed by atoms with E-state index in [1.807, 2.05) is 13.8 Å². The van der Waals surface area contributed by atoms with Gasteiger partial charge in [0.1, 0.15) is 17.2 Å². The molecule has 0 amide bonds. The molecule has 2 aromatic rings. The van der Waals surface area contributed by atoms with Crippen LogP contribution in [0.5, 0.6) is 11.5 Å². The molecule has 134 valence electrons. The fraction of sp³-hybridized carbons (Fsp3) is 0.333. The van der Waals surface area contributed by atoms with Gasteiger partial charge in [0.05, 0.1) is 0 Å². The van der Waals surface area contributed by atoms with Crippen LogP contribution in [0.3, 0.4) is 0 Å². The van der Waals surface area contributed by atoms with Crippen molar-refractivity contribution in [1.29, 1.82) is 0 Å². The number of para-hydroxylation sites is 2. The lowest BCUT2D eigenvalue weighted by atomic mass is 10.1. The van der Waals surface area contributed by atoms with Crippen LogP contribution in [0.2, 0.25) is 0 Å². The first-order valence-corrected chi connectivity index (χ1v) is 9.71. The van der Waals surface area contributed by atoms with Gasteiger partial charge in [-0.1, -0.05) is 50.2 Å². The van der Waals surface area contributed by atoms with Crippen LogP contribution < -0.4 is 9.05 Å². The van der Waals surface area contributed by atoms with Crippen LogP contribution in [-0.4, -0.2) is 17.1 Å². The largest absolute Gasteiger partial charge is 0.440 e. The van der Waals surface area contributed by atoms with Crippen LogP contribution >= 0.6 is 7.60 Å². The molecule has 0 unspecified atom stereocenters. The molecule has 0 aromatic heterocycles. The van der Waals surface area contributed by atoms with Crippen molar-refractivity contribution in [3.8, 4) is 11.5 Å². The highest BCUT2D eigenvalue weighted by Gasteiger charge is 2.43. The standard InChI is InChI=1S/C18H22NO5P/c1-15(2)13-18(14-19(20)21)25(22,23-16-9-5-3-6-10-16)24-17-11-7-4-8-12-17/h3-12,15,18H,13-14H2,1-2H3/t18-/m1/s1. The third kappa shape index (κ3) is 5.91. The molecule has 0 N–H and O–H groups in total. The Balaban J connectivity index is 2.37. The summed E-state index contributed by atoms with van der Waals surface area (Å²) < 4.78 is 25.0. The summed E-state index contributed by atoms with van der Waals surface area (Å²) in [6, 6.07) is 17.2. The van der Waals surface area contributed by atoms with Gasteiger partial charge in [-0.15, -0.1) is 0 Å². The maximum absolute atomic E-state index is 13.6. The van der Waals surface area contributed by atoms with Crippen molar-refractivity contribution >= 4 is 7.60 Å². The smallest absolute Gasteiger partial charge is 0.416 e. The third-order valence-electron chi connectivity index (χ3n) is 3.50. The first-order valence-electron chi connectivity index (χ1n) is 8.10. The van der Waals surface area contributed by atoms with Crippen molar-refractivity contribution in [1.82, 2.24) is 0 Å². The molecular weight excluding hydrogens is 341 g/mol. The average molecular weight is 363 g/mol. The molecule has 25 heavy (non-hydrogen) atoms. The van der Waals surface area contributed by atoms with Gasteiger partial charge >= 0.3 is 7.60 Å². The predicted octanol–water partition coefficient (Wildman–Crippen LogP) is 5.03. The van der Waals surface area contributed by atoms with Gasteiger partial charge < -0.3 is 9.05 Å². The van der Waals surface area contributed by atoms with E-state index in [-0.39, 0.29) is 5.92 Å².